The molecule has 0 radical (unpaired) electrons. The van der Waals surface area contributed by atoms with Crippen LogP contribution in [-0.4, -0.2) is 25.4 Å². The van der Waals surface area contributed by atoms with Crippen LogP contribution in [0.1, 0.15) is 6.92 Å². The number of alkyl halides is 3. The van der Waals surface area contributed by atoms with Gasteiger partial charge in [-0.15, -0.1) is 13.2 Å². The summed E-state index contributed by atoms with van der Waals surface area (Å²) in [6, 6.07) is 3.68. The maximum Gasteiger partial charge on any atom is 0.573 e. The number of nitrogens with one attached hydrogen (secondary N) is 1. The number of amides is 1. The first kappa shape index (κ1) is 15.6. The van der Waals surface area contributed by atoms with Crippen molar-refractivity contribution >= 4 is 21.8 Å². The normalized spacial score (nSPS) is 11.0. The molecule has 0 aliphatic rings. The molecule has 0 fully saturated rings. The summed E-state index contributed by atoms with van der Waals surface area (Å²) >= 11 is 2.93. The van der Waals surface area contributed by atoms with E-state index in [1.165, 1.54) is 12.1 Å². The van der Waals surface area contributed by atoms with Gasteiger partial charge in [-0.05, 0) is 41.1 Å². The van der Waals surface area contributed by atoms with Gasteiger partial charge in [0.15, 0.2) is 6.61 Å². The largest absolute Gasteiger partial charge is 0.573 e. The number of ether oxygens (including phenoxy) is 2. The number of hydrogen-bond acceptors (Lipinski definition) is 3. The van der Waals surface area contributed by atoms with Gasteiger partial charge in [0, 0.05) is 6.54 Å². The number of benzene rings is 1. The molecule has 0 atom stereocenters. The van der Waals surface area contributed by atoms with Gasteiger partial charge in [-0.2, -0.15) is 0 Å². The quantitative estimate of drug-likeness (QED) is 0.895. The van der Waals surface area contributed by atoms with E-state index >= 15 is 0 Å². The predicted octanol–water partition coefficient (Wildman–Crippen LogP) is 2.86. The Morgan fingerprint density at radius 2 is 2.11 bits per heavy atom. The minimum atomic E-state index is -4.76. The summed E-state index contributed by atoms with van der Waals surface area (Å²) in [4.78, 5) is 11.1. The number of rotatable bonds is 5. The fourth-order valence-corrected chi connectivity index (χ4v) is 1.61. The SMILES string of the molecule is CCNC(=O)COc1ccc(OC(F)(F)F)c(Br)c1. The van der Waals surface area contributed by atoms with Crippen LogP contribution in [-0.2, 0) is 4.79 Å². The summed E-state index contributed by atoms with van der Waals surface area (Å²) in [5.41, 5.74) is 0. The molecule has 1 amide bonds. The Bertz CT molecular complexity index is 451. The molecule has 106 valence electrons. The van der Waals surface area contributed by atoms with Crippen molar-refractivity contribution in [2.75, 3.05) is 13.2 Å². The van der Waals surface area contributed by atoms with E-state index in [-0.39, 0.29) is 28.5 Å². The van der Waals surface area contributed by atoms with Crippen LogP contribution in [0.25, 0.3) is 0 Å². The van der Waals surface area contributed by atoms with Crippen LogP contribution < -0.4 is 14.8 Å². The van der Waals surface area contributed by atoms with E-state index in [9.17, 15) is 18.0 Å². The monoisotopic (exact) mass is 341 g/mol. The minimum Gasteiger partial charge on any atom is -0.484 e. The number of likely N-dealkylation sites (N-methyl/N-ethyl adjacent to an activating group) is 1. The molecule has 0 bridgehead atoms. The molecule has 4 nitrogen and oxygen atoms in total. The molecular formula is C11H11BrF3NO3. The van der Waals surface area contributed by atoms with Crippen LogP contribution in [0.2, 0.25) is 0 Å². The van der Waals surface area contributed by atoms with E-state index in [0.717, 1.165) is 6.07 Å². The number of carbonyl (C=O) groups is 1. The van der Waals surface area contributed by atoms with Gasteiger partial charge < -0.3 is 14.8 Å². The molecule has 0 unspecified atom stereocenters. The first-order chi connectivity index (χ1) is 8.81. The van der Waals surface area contributed by atoms with Crippen molar-refractivity contribution in [1.82, 2.24) is 5.32 Å². The van der Waals surface area contributed by atoms with Crippen LogP contribution in [0.4, 0.5) is 13.2 Å². The Labute approximate surface area is 116 Å². The summed E-state index contributed by atoms with van der Waals surface area (Å²) in [6.45, 7) is 2.03. The smallest absolute Gasteiger partial charge is 0.484 e. The molecule has 0 heterocycles. The van der Waals surface area contributed by atoms with Crippen molar-refractivity contribution in [3.8, 4) is 11.5 Å². The predicted molar refractivity (Wildman–Crippen MR) is 65.0 cm³/mol. The molecule has 0 aliphatic heterocycles. The van der Waals surface area contributed by atoms with Crippen LogP contribution in [0, 0.1) is 0 Å². The van der Waals surface area contributed by atoms with Gasteiger partial charge in [0.1, 0.15) is 11.5 Å². The van der Waals surface area contributed by atoms with Gasteiger partial charge in [-0.3, -0.25) is 4.79 Å². The van der Waals surface area contributed by atoms with Gasteiger partial charge in [0.25, 0.3) is 5.91 Å². The lowest BCUT2D eigenvalue weighted by molar-refractivity contribution is -0.274. The molecule has 1 aromatic rings. The maximum absolute atomic E-state index is 12.0. The summed E-state index contributed by atoms with van der Waals surface area (Å²) in [5.74, 6) is -0.431. The highest BCUT2D eigenvalue weighted by molar-refractivity contribution is 9.10. The first-order valence-corrected chi connectivity index (χ1v) is 6.06. The highest BCUT2D eigenvalue weighted by atomic mass is 79.9. The van der Waals surface area contributed by atoms with E-state index in [1.54, 1.807) is 6.92 Å². The average Bonchev–Trinajstić information content (AvgIpc) is 2.28. The molecular weight excluding hydrogens is 331 g/mol. The number of halogens is 4. The van der Waals surface area contributed by atoms with Crippen molar-refractivity contribution in [3.63, 3.8) is 0 Å². The Kier molecular flexibility index (Phi) is 5.46. The zero-order valence-electron chi connectivity index (χ0n) is 9.88. The fraction of sp³-hybridized carbons (Fsp3) is 0.364. The Morgan fingerprint density at radius 3 is 2.63 bits per heavy atom. The second-order valence-corrected chi connectivity index (χ2v) is 4.24. The lowest BCUT2D eigenvalue weighted by atomic mass is 10.3. The Hall–Kier alpha value is -1.44. The van der Waals surface area contributed by atoms with E-state index in [0.29, 0.717) is 6.54 Å². The van der Waals surface area contributed by atoms with E-state index in [2.05, 4.69) is 26.0 Å². The van der Waals surface area contributed by atoms with Crippen LogP contribution >= 0.6 is 15.9 Å². The maximum atomic E-state index is 12.0. The van der Waals surface area contributed by atoms with Crippen LogP contribution in [0.3, 0.4) is 0 Å². The van der Waals surface area contributed by atoms with Crippen molar-refractivity contribution in [2.45, 2.75) is 13.3 Å². The second kappa shape index (κ2) is 6.65. The molecule has 1 aromatic carbocycles. The van der Waals surface area contributed by atoms with Gasteiger partial charge in [0.2, 0.25) is 0 Å². The fourth-order valence-electron chi connectivity index (χ4n) is 1.18. The third-order valence-corrected chi connectivity index (χ3v) is 2.49. The lowest BCUT2D eigenvalue weighted by Crippen LogP contribution is -2.28. The van der Waals surface area contributed by atoms with Crippen LogP contribution in [0.5, 0.6) is 11.5 Å². The standard InChI is InChI=1S/C11H11BrF3NO3/c1-2-16-10(17)6-18-7-3-4-9(8(12)5-7)19-11(13,14)15/h3-5H,2,6H2,1H3,(H,16,17). The van der Waals surface area contributed by atoms with Crippen LogP contribution in [0.15, 0.2) is 22.7 Å². The van der Waals surface area contributed by atoms with Gasteiger partial charge in [-0.25, -0.2) is 0 Å². The van der Waals surface area contributed by atoms with E-state index < -0.39 is 6.36 Å². The number of carbonyl (C=O) groups excluding carboxylic acids is 1. The highest BCUT2D eigenvalue weighted by Crippen LogP contribution is 2.33. The summed E-state index contributed by atoms with van der Waals surface area (Å²) in [5, 5.41) is 2.52. The minimum absolute atomic E-state index is 0.0817. The molecule has 1 N–H and O–H groups in total. The lowest BCUT2D eigenvalue weighted by Gasteiger charge is -2.12. The molecule has 1 rings (SSSR count). The third kappa shape index (κ3) is 5.82. The molecule has 0 spiro atoms. The Morgan fingerprint density at radius 1 is 1.42 bits per heavy atom. The summed E-state index contributed by atoms with van der Waals surface area (Å²) in [6.07, 6.45) is -4.76. The van der Waals surface area contributed by atoms with Crippen molar-refractivity contribution in [2.24, 2.45) is 0 Å². The van der Waals surface area contributed by atoms with Crippen molar-refractivity contribution in [1.29, 1.82) is 0 Å². The van der Waals surface area contributed by atoms with Crippen molar-refractivity contribution < 1.29 is 27.4 Å². The topological polar surface area (TPSA) is 47.6 Å². The van der Waals surface area contributed by atoms with Gasteiger partial charge in [-0.1, -0.05) is 0 Å². The zero-order chi connectivity index (χ0) is 14.5. The highest BCUT2D eigenvalue weighted by Gasteiger charge is 2.31. The molecule has 8 heteroatoms. The zero-order valence-corrected chi connectivity index (χ0v) is 11.5. The van der Waals surface area contributed by atoms with Gasteiger partial charge in [0.05, 0.1) is 4.47 Å². The van der Waals surface area contributed by atoms with Gasteiger partial charge >= 0.3 is 6.36 Å². The number of hydrogen-bond donors (Lipinski definition) is 1. The Balaban J connectivity index is 2.64. The van der Waals surface area contributed by atoms with Crippen molar-refractivity contribution in [3.05, 3.63) is 22.7 Å². The molecule has 0 saturated carbocycles. The molecule has 0 aliphatic carbocycles. The second-order valence-electron chi connectivity index (χ2n) is 3.38. The first-order valence-electron chi connectivity index (χ1n) is 5.26. The summed E-state index contributed by atoms with van der Waals surface area (Å²) in [7, 11) is 0. The molecule has 0 aromatic heterocycles. The molecule has 0 saturated heterocycles. The third-order valence-electron chi connectivity index (χ3n) is 1.87. The average molecular weight is 342 g/mol. The summed E-state index contributed by atoms with van der Waals surface area (Å²) < 4.78 is 45.1. The van der Waals surface area contributed by atoms with E-state index in [4.69, 9.17) is 4.74 Å². The van der Waals surface area contributed by atoms with E-state index in [1.807, 2.05) is 0 Å². The molecule has 19 heavy (non-hydrogen) atoms.